The monoisotopic (exact) mass is 315 g/mol. The van der Waals surface area contributed by atoms with Gasteiger partial charge >= 0.3 is 0 Å². The highest BCUT2D eigenvalue weighted by Crippen LogP contribution is 2.19. The quantitative estimate of drug-likeness (QED) is 0.883. The Hall–Kier alpha value is -1.88. The van der Waals surface area contributed by atoms with Gasteiger partial charge in [0.05, 0.1) is 0 Å². The van der Waals surface area contributed by atoms with Gasteiger partial charge in [0, 0.05) is 37.2 Å². The SMILES string of the molecule is O=C(NCC1CCCN1)C1CCN(C(=O)c2ccccc2)CC1. The molecule has 1 unspecified atom stereocenters. The van der Waals surface area contributed by atoms with Crippen molar-refractivity contribution in [2.24, 2.45) is 5.92 Å². The average molecular weight is 315 g/mol. The van der Waals surface area contributed by atoms with Crippen molar-refractivity contribution in [2.45, 2.75) is 31.7 Å². The maximum absolute atomic E-state index is 12.4. The summed E-state index contributed by atoms with van der Waals surface area (Å²) in [5, 5.41) is 6.45. The number of likely N-dealkylation sites (tertiary alicyclic amines) is 1. The minimum Gasteiger partial charge on any atom is -0.354 e. The molecule has 1 aromatic carbocycles. The number of hydrogen-bond acceptors (Lipinski definition) is 3. The van der Waals surface area contributed by atoms with Crippen molar-refractivity contribution >= 4 is 11.8 Å². The Balaban J connectivity index is 1.44. The van der Waals surface area contributed by atoms with Crippen molar-refractivity contribution in [3.8, 4) is 0 Å². The first kappa shape index (κ1) is 16.0. The highest BCUT2D eigenvalue weighted by atomic mass is 16.2. The van der Waals surface area contributed by atoms with E-state index in [1.807, 2.05) is 35.2 Å². The standard InChI is InChI=1S/C18H25N3O2/c22-17(20-13-16-7-4-10-19-16)14-8-11-21(12-9-14)18(23)15-5-2-1-3-6-15/h1-3,5-6,14,16,19H,4,7-13H2,(H,20,22). The number of piperidine rings is 1. The molecular weight excluding hydrogens is 290 g/mol. The van der Waals surface area contributed by atoms with Crippen LogP contribution >= 0.6 is 0 Å². The lowest BCUT2D eigenvalue weighted by Gasteiger charge is -2.31. The summed E-state index contributed by atoms with van der Waals surface area (Å²) in [6.07, 6.45) is 3.84. The largest absolute Gasteiger partial charge is 0.354 e. The van der Waals surface area contributed by atoms with E-state index in [4.69, 9.17) is 0 Å². The fraction of sp³-hybridized carbons (Fsp3) is 0.556. The molecule has 2 saturated heterocycles. The summed E-state index contributed by atoms with van der Waals surface area (Å²) in [4.78, 5) is 26.5. The minimum atomic E-state index is 0.0382. The fourth-order valence-electron chi connectivity index (χ4n) is 3.41. The second kappa shape index (κ2) is 7.59. The Labute approximate surface area is 137 Å². The van der Waals surface area contributed by atoms with Crippen LogP contribution in [0.1, 0.15) is 36.0 Å². The van der Waals surface area contributed by atoms with Gasteiger partial charge in [0.2, 0.25) is 5.91 Å². The summed E-state index contributed by atoms with van der Waals surface area (Å²) in [5.74, 6) is 0.251. The molecule has 0 spiro atoms. The second-order valence-electron chi connectivity index (χ2n) is 6.47. The molecule has 0 aliphatic carbocycles. The molecule has 2 aliphatic rings. The molecule has 124 valence electrons. The predicted octanol–water partition coefficient (Wildman–Crippen LogP) is 1.41. The van der Waals surface area contributed by atoms with E-state index in [1.165, 1.54) is 6.42 Å². The van der Waals surface area contributed by atoms with Crippen LogP contribution in [0.2, 0.25) is 0 Å². The zero-order valence-corrected chi connectivity index (χ0v) is 13.5. The summed E-state index contributed by atoms with van der Waals surface area (Å²) in [5.41, 5.74) is 0.725. The molecule has 2 fully saturated rings. The molecule has 3 rings (SSSR count). The first-order chi connectivity index (χ1) is 11.2. The molecular formula is C18H25N3O2. The predicted molar refractivity (Wildman–Crippen MR) is 89.1 cm³/mol. The van der Waals surface area contributed by atoms with Crippen molar-refractivity contribution in [3.05, 3.63) is 35.9 Å². The van der Waals surface area contributed by atoms with Crippen molar-refractivity contribution in [1.29, 1.82) is 0 Å². The molecule has 2 N–H and O–H groups in total. The molecule has 5 nitrogen and oxygen atoms in total. The zero-order chi connectivity index (χ0) is 16.1. The Morgan fingerprint density at radius 1 is 1.13 bits per heavy atom. The van der Waals surface area contributed by atoms with Crippen LogP contribution < -0.4 is 10.6 Å². The topological polar surface area (TPSA) is 61.4 Å². The van der Waals surface area contributed by atoms with Gasteiger partial charge in [-0.15, -0.1) is 0 Å². The third-order valence-corrected chi connectivity index (χ3v) is 4.86. The smallest absolute Gasteiger partial charge is 0.253 e. The Bertz CT molecular complexity index is 532. The third-order valence-electron chi connectivity index (χ3n) is 4.86. The van der Waals surface area contributed by atoms with Gasteiger partial charge in [0.1, 0.15) is 0 Å². The summed E-state index contributed by atoms with van der Waals surface area (Å²) in [7, 11) is 0. The molecule has 0 aromatic heterocycles. The Morgan fingerprint density at radius 3 is 2.52 bits per heavy atom. The highest BCUT2D eigenvalue weighted by Gasteiger charge is 2.28. The van der Waals surface area contributed by atoms with E-state index in [2.05, 4.69) is 10.6 Å². The van der Waals surface area contributed by atoms with Crippen molar-refractivity contribution in [1.82, 2.24) is 15.5 Å². The second-order valence-corrected chi connectivity index (χ2v) is 6.47. The van der Waals surface area contributed by atoms with E-state index < -0.39 is 0 Å². The number of benzene rings is 1. The number of amides is 2. The van der Waals surface area contributed by atoms with E-state index >= 15 is 0 Å². The van der Waals surface area contributed by atoms with Gasteiger partial charge in [-0.2, -0.15) is 0 Å². The number of rotatable bonds is 4. The maximum atomic E-state index is 12.4. The lowest BCUT2D eigenvalue weighted by Crippen LogP contribution is -2.45. The Morgan fingerprint density at radius 2 is 1.87 bits per heavy atom. The molecule has 2 heterocycles. The van der Waals surface area contributed by atoms with Gasteiger partial charge in [-0.25, -0.2) is 0 Å². The molecule has 5 heteroatoms. The first-order valence-electron chi connectivity index (χ1n) is 8.59. The molecule has 2 amide bonds. The van der Waals surface area contributed by atoms with Crippen LogP contribution in [0.25, 0.3) is 0 Å². The molecule has 0 saturated carbocycles. The lowest BCUT2D eigenvalue weighted by atomic mass is 9.95. The molecule has 0 bridgehead atoms. The molecule has 1 atom stereocenters. The maximum Gasteiger partial charge on any atom is 0.253 e. The van der Waals surface area contributed by atoms with Gasteiger partial charge in [-0.1, -0.05) is 18.2 Å². The summed E-state index contributed by atoms with van der Waals surface area (Å²) < 4.78 is 0. The van der Waals surface area contributed by atoms with E-state index in [9.17, 15) is 9.59 Å². The molecule has 0 radical (unpaired) electrons. The van der Waals surface area contributed by atoms with Crippen LogP contribution in [0.15, 0.2) is 30.3 Å². The van der Waals surface area contributed by atoms with E-state index in [-0.39, 0.29) is 17.7 Å². The number of hydrogen-bond donors (Lipinski definition) is 2. The summed E-state index contributed by atoms with van der Waals surface area (Å²) in [6.45, 7) is 3.10. The van der Waals surface area contributed by atoms with Crippen LogP contribution in [-0.2, 0) is 4.79 Å². The number of carbonyl (C=O) groups is 2. The van der Waals surface area contributed by atoms with Crippen LogP contribution in [0, 0.1) is 5.92 Å². The average Bonchev–Trinajstić information content (AvgIpc) is 3.13. The van der Waals surface area contributed by atoms with Crippen molar-refractivity contribution < 1.29 is 9.59 Å². The van der Waals surface area contributed by atoms with Gasteiger partial charge in [0.15, 0.2) is 0 Å². The number of carbonyl (C=O) groups excluding carboxylic acids is 2. The molecule has 23 heavy (non-hydrogen) atoms. The third kappa shape index (κ3) is 4.10. The highest BCUT2D eigenvalue weighted by molar-refractivity contribution is 5.94. The molecule has 2 aliphatic heterocycles. The van der Waals surface area contributed by atoms with Crippen LogP contribution in [-0.4, -0.2) is 48.9 Å². The number of nitrogens with one attached hydrogen (secondary N) is 2. The first-order valence-corrected chi connectivity index (χ1v) is 8.59. The van der Waals surface area contributed by atoms with E-state index in [1.54, 1.807) is 0 Å². The summed E-state index contributed by atoms with van der Waals surface area (Å²) >= 11 is 0. The lowest BCUT2D eigenvalue weighted by molar-refractivity contribution is -0.126. The van der Waals surface area contributed by atoms with Crippen LogP contribution in [0.3, 0.4) is 0 Å². The zero-order valence-electron chi connectivity index (χ0n) is 13.5. The van der Waals surface area contributed by atoms with E-state index in [0.717, 1.165) is 37.9 Å². The fourth-order valence-corrected chi connectivity index (χ4v) is 3.41. The van der Waals surface area contributed by atoms with E-state index in [0.29, 0.717) is 19.1 Å². The van der Waals surface area contributed by atoms with Crippen molar-refractivity contribution in [3.63, 3.8) is 0 Å². The van der Waals surface area contributed by atoms with Gasteiger partial charge in [-0.3, -0.25) is 9.59 Å². The van der Waals surface area contributed by atoms with Gasteiger partial charge < -0.3 is 15.5 Å². The number of nitrogens with zero attached hydrogens (tertiary/aromatic N) is 1. The Kier molecular flexibility index (Phi) is 5.28. The minimum absolute atomic E-state index is 0.0382. The summed E-state index contributed by atoms with van der Waals surface area (Å²) in [6, 6.07) is 9.78. The van der Waals surface area contributed by atoms with Crippen molar-refractivity contribution in [2.75, 3.05) is 26.2 Å². The molecule has 1 aromatic rings. The normalized spacial score (nSPS) is 22.1. The van der Waals surface area contributed by atoms with Crippen LogP contribution in [0.5, 0.6) is 0 Å². The van der Waals surface area contributed by atoms with Gasteiger partial charge in [-0.05, 0) is 44.4 Å². The van der Waals surface area contributed by atoms with Crippen LogP contribution in [0.4, 0.5) is 0 Å². The van der Waals surface area contributed by atoms with Gasteiger partial charge in [0.25, 0.3) is 5.91 Å².